The molecule has 0 aliphatic carbocycles. The number of aliphatic hydroxyl groups excluding tert-OH is 1. The van der Waals surface area contributed by atoms with Crippen molar-refractivity contribution in [3.63, 3.8) is 0 Å². The Kier molecular flexibility index (Phi) is 3.61. The maximum absolute atomic E-state index is 9.22. The third kappa shape index (κ3) is 2.85. The minimum atomic E-state index is 0.250. The molecule has 1 aliphatic rings. The zero-order chi connectivity index (χ0) is 13.1. The molecule has 3 rings (SSSR count). The predicted molar refractivity (Wildman–Crippen MR) is 67.1 cm³/mol. The maximum atomic E-state index is 9.22. The molecule has 1 atom stereocenters. The average Bonchev–Trinajstić information content (AvgIpc) is 3.09. The van der Waals surface area contributed by atoms with Crippen molar-refractivity contribution >= 4 is 0 Å². The first kappa shape index (κ1) is 12.4. The Hall–Kier alpha value is -1.66. The van der Waals surface area contributed by atoms with Gasteiger partial charge in [0.05, 0.1) is 12.8 Å². The summed E-state index contributed by atoms with van der Waals surface area (Å²) in [5.41, 5.74) is 0. The number of furan rings is 1. The Balaban J connectivity index is 1.64. The van der Waals surface area contributed by atoms with Crippen molar-refractivity contribution in [3.05, 3.63) is 24.2 Å². The van der Waals surface area contributed by atoms with Gasteiger partial charge in [0.2, 0.25) is 0 Å². The molecule has 0 saturated carbocycles. The van der Waals surface area contributed by atoms with Crippen molar-refractivity contribution in [2.45, 2.75) is 19.4 Å². The van der Waals surface area contributed by atoms with E-state index in [9.17, 15) is 5.11 Å². The Morgan fingerprint density at radius 3 is 3.21 bits per heavy atom. The normalized spacial score (nSPS) is 20.8. The van der Waals surface area contributed by atoms with Crippen LogP contribution in [0.15, 0.2) is 27.3 Å². The van der Waals surface area contributed by atoms with Gasteiger partial charge in [0.25, 0.3) is 5.89 Å². The maximum Gasteiger partial charge on any atom is 0.293 e. The fourth-order valence-corrected chi connectivity index (χ4v) is 2.46. The third-order valence-electron chi connectivity index (χ3n) is 3.43. The van der Waals surface area contributed by atoms with Crippen LogP contribution in [-0.2, 0) is 6.54 Å². The summed E-state index contributed by atoms with van der Waals surface area (Å²) >= 11 is 0. The molecule has 3 heterocycles. The van der Waals surface area contributed by atoms with Gasteiger partial charge >= 0.3 is 0 Å². The minimum Gasteiger partial charge on any atom is -0.459 e. The zero-order valence-electron chi connectivity index (χ0n) is 10.7. The van der Waals surface area contributed by atoms with Gasteiger partial charge < -0.3 is 14.0 Å². The van der Waals surface area contributed by atoms with Crippen molar-refractivity contribution in [1.29, 1.82) is 0 Å². The topological polar surface area (TPSA) is 75.5 Å². The van der Waals surface area contributed by atoms with Crippen LogP contribution in [-0.4, -0.2) is 39.8 Å². The highest BCUT2D eigenvalue weighted by Gasteiger charge is 2.21. The van der Waals surface area contributed by atoms with Gasteiger partial charge in [-0.25, -0.2) is 0 Å². The average molecular weight is 263 g/mol. The molecule has 0 radical (unpaired) electrons. The Labute approximate surface area is 111 Å². The summed E-state index contributed by atoms with van der Waals surface area (Å²) in [6, 6.07) is 3.58. The number of piperidine rings is 1. The van der Waals surface area contributed by atoms with E-state index in [4.69, 9.17) is 8.94 Å². The van der Waals surface area contributed by atoms with E-state index in [1.807, 2.05) is 0 Å². The number of nitrogens with zero attached hydrogens (tertiary/aromatic N) is 3. The fourth-order valence-electron chi connectivity index (χ4n) is 2.46. The molecule has 0 bridgehead atoms. The summed E-state index contributed by atoms with van der Waals surface area (Å²) in [6.07, 6.45) is 3.78. The molecule has 1 saturated heterocycles. The molecule has 102 valence electrons. The molecule has 19 heavy (non-hydrogen) atoms. The number of aromatic nitrogens is 2. The smallest absolute Gasteiger partial charge is 0.293 e. The molecule has 0 amide bonds. The number of likely N-dealkylation sites (tertiary alicyclic amines) is 1. The quantitative estimate of drug-likeness (QED) is 0.901. The van der Waals surface area contributed by atoms with E-state index in [2.05, 4.69) is 15.0 Å². The highest BCUT2D eigenvalue weighted by molar-refractivity contribution is 5.42. The van der Waals surface area contributed by atoms with Crippen molar-refractivity contribution in [2.75, 3.05) is 19.7 Å². The molecule has 0 aromatic carbocycles. The lowest BCUT2D eigenvalue weighted by Gasteiger charge is -2.30. The van der Waals surface area contributed by atoms with Crippen LogP contribution in [0.2, 0.25) is 0 Å². The SMILES string of the molecule is OCC1CCCN(Cc2noc(-c3ccco3)n2)C1. The molecule has 1 unspecified atom stereocenters. The minimum absolute atomic E-state index is 0.250. The van der Waals surface area contributed by atoms with E-state index in [-0.39, 0.29) is 6.61 Å². The van der Waals surface area contributed by atoms with Gasteiger partial charge in [0.1, 0.15) is 0 Å². The molecule has 2 aromatic rings. The molecule has 2 aromatic heterocycles. The van der Waals surface area contributed by atoms with Crippen molar-refractivity contribution in [2.24, 2.45) is 5.92 Å². The van der Waals surface area contributed by atoms with Crippen molar-refractivity contribution in [1.82, 2.24) is 15.0 Å². The van der Waals surface area contributed by atoms with Gasteiger partial charge in [-0.05, 0) is 37.4 Å². The summed E-state index contributed by atoms with van der Waals surface area (Å²) in [7, 11) is 0. The van der Waals surface area contributed by atoms with E-state index >= 15 is 0 Å². The Morgan fingerprint density at radius 1 is 1.47 bits per heavy atom. The molecule has 6 nitrogen and oxygen atoms in total. The monoisotopic (exact) mass is 263 g/mol. The van der Waals surface area contributed by atoms with Gasteiger partial charge in [-0.3, -0.25) is 4.90 Å². The first-order valence-electron chi connectivity index (χ1n) is 6.55. The number of hydrogen-bond donors (Lipinski definition) is 1. The van der Waals surface area contributed by atoms with Crippen LogP contribution >= 0.6 is 0 Å². The highest BCUT2D eigenvalue weighted by Crippen LogP contribution is 2.20. The second kappa shape index (κ2) is 5.54. The first-order valence-corrected chi connectivity index (χ1v) is 6.55. The standard InChI is InChI=1S/C13H17N3O3/c17-9-10-3-1-5-16(7-10)8-12-14-13(19-15-12)11-4-2-6-18-11/h2,4,6,10,17H,1,3,5,7-9H2. The summed E-state index contributed by atoms with van der Waals surface area (Å²) < 4.78 is 10.4. The molecule has 0 spiro atoms. The second-order valence-electron chi connectivity index (χ2n) is 4.92. The van der Waals surface area contributed by atoms with Crippen LogP contribution < -0.4 is 0 Å². The molecule has 1 aliphatic heterocycles. The molecule has 1 fully saturated rings. The molecular weight excluding hydrogens is 246 g/mol. The zero-order valence-corrected chi connectivity index (χ0v) is 10.7. The first-order chi connectivity index (χ1) is 9.35. The van der Waals surface area contributed by atoms with Gasteiger partial charge in [0.15, 0.2) is 11.6 Å². The molecular formula is C13H17N3O3. The summed E-state index contributed by atoms with van der Waals surface area (Å²) in [5.74, 6) is 2.02. The lowest BCUT2D eigenvalue weighted by Crippen LogP contribution is -2.36. The highest BCUT2D eigenvalue weighted by atomic mass is 16.5. The van der Waals surface area contributed by atoms with E-state index in [1.165, 1.54) is 0 Å². The summed E-state index contributed by atoms with van der Waals surface area (Å²) in [6.45, 7) is 2.81. The second-order valence-corrected chi connectivity index (χ2v) is 4.92. The van der Waals surface area contributed by atoms with Crippen LogP contribution in [0.1, 0.15) is 18.7 Å². The van der Waals surface area contributed by atoms with Gasteiger partial charge in [0, 0.05) is 13.2 Å². The number of aliphatic hydroxyl groups is 1. The van der Waals surface area contributed by atoms with Crippen LogP contribution in [0.5, 0.6) is 0 Å². The predicted octanol–water partition coefficient (Wildman–Crippen LogP) is 1.53. The van der Waals surface area contributed by atoms with Crippen LogP contribution in [0.25, 0.3) is 11.7 Å². The lowest BCUT2D eigenvalue weighted by molar-refractivity contribution is 0.113. The van der Waals surface area contributed by atoms with Crippen LogP contribution in [0.4, 0.5) is 0 Å². The number of rotatable bonds is 4. The van der Waals surface area contributed by atoms with E-state index < -0.39 is 0 Å². The van der Waals surface area contributed by atoms with Crippen LogP contribution in [0, 0.1) is 5.92 Å². The third-order valence-corrected chi connectivity index (χ3v) is 3.43. The van der Waals surface area contributed by atoms with E-state index in [0.29, 0.717) is 29.9 Å². The van der Waals surface area contributed by atoms with Crippen molar-refractivity contribution < 1.29 is 14.0 Å². The van der Waals surface area contributed by atoms with Crippen molar-refractivity contribution in [3.8, 4) is 11.7 Å². The largest absolute Gasteiger partial charge is 0.459 e. The van der Waals surface area contributed by atoms with Gasteiger partial charge in [-0.1, -0.05) is 5.16 Å². The van der Waals surface area contributed by atoms with Gasteiger partial charge in [-0.2, -0.15) is 4.98 Å². The fraction of sp³-hybridized carbons (Fsp3) is 0.538. The van der Waals surface area contributed by atoms with Gasteiger partial charge in [-0.15, -0.1) is 0 Å². The summed E-state index contributed by atoms with van der Waals surface area (Å²) in [5, 5.41) is 13.2. The number of hydrogen-bond acceptors (Lipinski definition) is 6. The molecule has 6 heteroatoms. The summed E-state index contributed by atoms with van der Waals surface area (Å²) in [4.78, 5) is 6.57. The molecule has 1 N–H and O–H groups in total. The Bertz CT molecular complexity index is 509. The Morgan fingerprint density at radius 2 is 2.42 bits per heavy atom. The van der Waals surface area contributed by atoms with E-state index in [0.717, 1.165) is 25.9 Å². The van der Waals surface area contributed by atoms with Crippen LogP contribution in [0.3, 0.4) is 0 Å². The lowest BCUT2D eigenvalue weighted by atomic mass is 9.99. The van der Waals surface area contributed by atoms with E-state index in [1.54, 1.807) is 18.4 Å².